The van der Waals surface area contributed by atoms with Gasteiger partial charge in [-0.05, 0) is 71.1 Å². The maximum atomic E-state index is 13.1. The van der Waals surface area contributed by atoms with Gasteiger partial charge in [0.15, 0.2) is 6.29 Å². The van der Waals surface area contributed by atoms with Crippen molar-refractivity contribution in [2.75, 3.05) is 13.2 Å². The van der Waals surface area contributed by atoms with Crippen LogP contribution in [0, 0.1) is 0 Å². The van der Waals surface area contributed by atoms with Gasteiger partial charge in [-0.3, -0.25) is 4.79 Å². The van der Waals surface area contributed by atoms with Gasteiger partial charge in [-0.1, -0.05) is 172 Å². The molecular weight excluding hydrogens is 775 g/mol. The molecule has 0 bridgehead atoms. The number of hydrogen-bond acceptors (Lipinski definition) is 10. The SMILES string of the molecule is C/C=C/CC/C=C/CCCC(O)C(O)C(COC1OC(CO)C(O)C(O)C1O)NC(=O)C(O)CCCCCCCCCCCC/C=C\CCCCCCCCCCCCCC. The Hall–Kier alpha value is -1.67. The van der Waals surface area contributed by atoms with E-state index in [2.05, 4.69) is 36.5 Å². The highest BCUT2D eigenvalue weighted by Gasteiger charge is 2.44. The summed E-state index contributed by atoms with van der Waals surface area (Å²) in [6.07, 6.45) is 35.4. The molecule has 1 amide bonds. The van der Waals surface area contributed by atoms with Gasteiger partial charge >= 0.3 is 0 Å². The Morgan fingerprint density at radius 2 is 1.05 bits per heavy atom. The van der Waals surface area contributed by atoms with Crippen molar-refractivity contribution in [3.8, 4) is 0 Å². The lowest BCUT2D eigenvalue weighted by Crippen LogP contribution is -2.60. The zero-order valence-corrected chi connectivity index (χ0v) is 38.6. The largest absolute Gasteiger partial charge is 0.394 e. The van der Waals surface area contributed by atoms with Gasteiger partial charge in [0.25, 0.3) is 0 Å². The predicted octanol–water partition coefficient (Wildman–Crippen LogP) is 8.78. The lowest BCUT2D eigenvalue weighted by Gasteiger charge is -2.40. The molecule has 8 N–H and O–H groups in total. The van der Waals surface area contributed by atoms with Crippen molar-refractivity contribution in [1.82, 2.24) is 5.32 Å². The Kier molecular flexibility index (Phi) is 37.5. The summed E-state index contributed by atoms with van der Waals surface area (Å²) in [6.45, 7) is 3.17. The average Bonchev–Trinajstić information content (AvgIpc) is 3.26. The molecule has 0 radical (unpaired) electrons. The van der Waals surface area contributed by atoms with Crippen LogP contribution in [0.15, 0.2) is 36.5 Å². The number of aliphatic hydroxyl groups excluding tert-OH is 7. The van der Waals surface area contributed by atoms with Crippen LogP contribution < -0.4 is 5.32 Å². The highest BCUT2D eigenvalue weighted by Crippen LogP contribution is 2.23. The van der Waals surface area contributed by atoms with Crippen molar-refractivity contribution in [3.05, 3.63) is 36.5 Å². The smallest absolute Gasteiger partial charge is 0.249 e. The summed E-state index contributed by atoms with van der Waals surface area (Å²) in [6, 6.07) is -1.19. The Morgan fingerprint density at radius 1 is 0.590 bits per heavy atom. The van der Waals surface area contributed by atoms with Crippen LogP contribution >= 0.6 is 0 Å². The van der Waals surface area contributed by atoms with Crippen molar-refractivity contribution >= 4 is 5.91 Å². The summed E-state index contributed by atoms with van der Waals surface area (Å²) >= 11 is 0. The first-order chi connectivity index (χ1) is 29.7. The zero-order chi connectivity index (χ0) is 44.8. The Balaban J connectivity index is 2.26. The van der Waals surface area contributed by atoms with E-state index in [1.54, 1.807) is 0 Å². The van der Waals surface area contributed by atoms with Crippen molar-refractivity contribution in [3.63, 3.8) is 0 Å². The fourth-order valence-electron chi connectivity index (χ4n) is 7.87. The highest BCUT2D eigenvalue weighted by atomic mass is 16.7. The van der Waals surface area contributed by atoms with E-state index < -0.39 is 74.2 Å². The molecule has 1 aliphatic rings. The van der Waals surface area contributed by atoms with Gasteiger partial charge < -0.3 is 50.5 Å². The summed E-state index contributed by atoms with van der Waals surface area (Å²) in [4.78, 5) is 13.1. The molecule has 11 heteroatoms. The molecular formula is C50H93NO10. The molecule has 0 aromatic heterocycles. The normalized spacial score (nSPS) is 21.8. The number of nitrogens with one attached hydrogen (secondary N) is 1. The van der Waals surface area contributed by atoms with Crippen LogP contribution in [-0.2, 0) is 14.3 Å². The van der Waals surface area contributed by atoms with E-state index in [4.69, 9.17) is 9.47 Å². The number of amides is 1. The number of rotatable bonds is 41. The molecule has 11 nitrogen and oxygen atoms in total. The summed E-state index contributed by atoms with van der Waals surface area (Å²) in [5, 5.41) is 75.4. The third kappa shape index (κ3) is 29.4. The van der Waals surface area contributed by atoms with E-state index >= 15 is 0 Å². The van der Waals surface area contributed by atoms with Crippen LogP contribution in [0.2, 0.25) is 0 Å². The summed E-state index contributed by atoms with van der Waals surface area (Å²) in [5.74, 6) is -0.715. The van der Waals surface area contributed by atoms with Gasteiger partial charge in [0.05, 0.1) is 25.4 Å². The van der Waals surface area contributed by atoms with Gasteiger partial charge in [-0.25, -0.2) is 0 Å². The summed E-state index contributed by atoms with van der Waals surface area (Å²) in [7, 11) is 0. The number of allylic oxidation sites excluding steroid dienone is 6. The molecule has 0 saturated carbocycles. The Bertz CT molecular complexity index is 1090. The number of hydrogen-bond donors (Lipinski definition) is 8. The molecule has 1 saturated heterocycles. The maximum absolute atomic E-state index is 13.1. The Morgan fingerprint density at radius 3 is 1.56 bits per heavy atom. The Labute approximate surface area is 371 Å². The minimum absolute atomic E-state index is 0.243. The summed E-state index contributed by atoms with van der Waals surface area (Å²) in [5.41, 5.74) is 0. The molecule has 0 aromatic carbocycles. The van der Waals surface area contributed by atoms with Gasteiger partial charge in [0.1, 0.15) is 36.6 Å². The van der Waals surface area contributed by atoms with E-state index in [1.807, 2.05) is 19.1 Å². The fraction of sp³-hybridized carbons (Fsp3) is 0.860. The fourth-order valence-corrected chi connectivity index (χ4v) is 7.87. The van der Waals surface area contributed by atoms with E-state index in [1.165, 1.54) is 128 Å². The van der Waals surface area contributed by atoms with E-state index in [-0.39, 0.29) is 12.8 Å². The summed E-state index contributed by atoms with van der Waals surface area (Å²) < 4.78 is 11.0. The molecule has 0 spiro atoms. The average molecular weight is 868 g/mol. The van der Waals surface area contributed by atoms with Crippen LogP contribution in [0.4, 0.5) is 0 Å². The third-order valence-electron chi connectivity index (χ3n) is 12.0. The van der Waals surface area contributed by atoms with Crippen LogP contribution in [-0.4, -0.2) is 110 Å². The molecule has 1 rings (SSSR count). The molecule has 1 heterocycles. The van der Waals surface area contributed by atoms with E-state index in [0.717, 1.165) is 32.1 Å². The molecule has 9 unspecified atom stereocenters. The molecule has 1 fully saturated rings. The van der Waals surface area contributed by atoms with E-state index in [0.29, 0.717) is 19.3 Å². The van der Waals surface area contributed by atoms with Crippen LogP contribution in [0.1, 0.15) is 206 Å². The van der Waals surface area contributed by atoms with Crippen molar-refractivity contribution in [1.29, 1.82) is 0 Å². The molecule has 0 aliphatic carbocycles. The third-order valence-corrected chi connectivity index (χ3v) is 12.0. The molecule has 1 aliphatic heterocycles. The first-order valence-electron chi connectivity index (χ1n) is 24.9. The first-order valence-corrected chi connectivity index (χ1v) is 24.9. The first kappa shape index (κ1) is 57.3. The number of unbranched alkanes of at least 4 members (excludes halogenated alkanes) is 24. The van der Waals surface area contributed by atoms with Crippen molar-refractivity contribution in [2.24, 2.45) is 0 Å². The molecule has 358 valence electrons. The van der Waals surface area contributed by atoms with Gasteiger partial charge in [0, 0.05) is 0 Å². The minimum Gasteiger partial charge on any atom is -0.394 e. The van der Waals surface area contributed by atoms with E-state index in [9.17, 15) is 40.5 Å². The lowest BCUT2D eigenvalue weighted by atomic mass is 9.98. The van der Waals surface area contributed by atoms with Gasteiger partial charge in [-0.15, -0.1) is 0 Å². The predicted molar refractivity (Wildman–Crippen MR) is 247 cm³/mol. The second-order valence-corrected chi connectivity index (χ2v) is 17.5. The number of carbonyl (C=O) groups is 1. The second-order valence-electron chi connectivity index (χ2n) is 17.5. The molecule has 0 aromatic rings. The zero-order valence-electron chi connectivity index (χ0n) is 38.6. The number of aliphatic hydroxyl groups is 7. The monoisotopic (exact) mass is 868 g/mol. The van der Waals surface area contributed by atoms with Crippen molar-refractivity contribution < 1.29 is 50.0 Å². The van der Waals surface area contributed by atoms with Crippen molar-refractivity contribution in [2.45, 2.75) is 262 Å². The number of carbonyl (C=O) groups excluding carboxylic acids is 1. The van der Waals surface area contributed by atoms with Crippen LogP contribution in [0.25, 0.3) is 0 Å². The van der Waals surface area contributed by atoms with Crippen LogP contribution in [0.3, 0.4) is 0 Å². The maximum Gasteiger partial charge on any atom is 0.249 e. The lowest BCUT2D eigenvalue weighted by molar-refractivity contribution is -0.303. The molecule has 61 heavy (non-hydrogen) atoms. The molecule has 9 atom stereocenters. The standard InChI is InChI=1S/C50H93NO10/c1-3-5-7-9-11-13-14-15-16-17-18-19-20-21-22-23-24-25-26-27-28-29-30-32-34-36-38-43(54)49(59)51-41(40-60-50-48(58)47(57)46(56)44(39-52)61-50)45(55)42(53)37-35-33-31-12-10-8-6-4-2/h4,6,12,21-22,31,41-48,50,52-58H,3,5,7-11,13-20,23-30,32-40H2,1-2H3,(H,51,59)/b6-4+,22-21-,31-12+. The van der Waals surface area contributed by atoms with Crippen LogP contribution in [0.5, 0.6) is 0 Å². The quantitative estimate of drug-likeness (QED) is 0.0218. The topological polar surface area (TPSA) is 189 Å². The highest BCUT2D eigenvalue weighted by molar-refractivity contribution is 5.80. The van der Waals surface area contributed by atoms with Gasteiger partial charge in [-0.2, -0.15) is 0 Å². The minimum atomic E-state index is -1.67. The number of ether oxygens (including phenoxy) is 2. The van der Waals surface area contributed by atoms with Gasteiger partial charge in [0.2, 0.25) is 5.91 Å². The second kappa shape index (κ2) is 39.9.